The van der Waals surface area contributed by atoms with Crippen LogP contribution in [0.15, 0.2) is 40.4 Å². The highest BCUT2D eigenvalue weighted by atomic mass is 79.9. The average Bonchev–Trinajstić information content (AvgIpc) is 2.26. The minimum absolute atomic E-state index is 0.302. The van der Waals surface area contributed by atoms with Crippen molar-refractivity contribution in [3.8, 4) is 5.75 Å². The average molecular weight is 296 g/mol. The van der Waals surface area contributed by atoms with Gasteiger partial charge in [-0.25, -0.2) is 0 Å². The second-order valence-corrected chi connectivity index (χ2v) is 4.02. The number of benzene rings is 1. The SMILES string of the molecule is ClC(CBr)=C(Cl)COc1ccccc1. The third kappa shape index (κ3) is 3.91. The molecule has 1 aromatic rings. The Hall–Kier alpha value is -0.180. The van der Waals surface area contributed by atoms with Crippen LogP contribution in [0.3, 0.4) is 0 Å². The number of halogens is 3. The predicted octanol–water partition coefficient (Wildman–Crippen LogP) is 4.15. The fourth-order valence-corrected chi connectivity index (χ4v) is 1.49. The first kappa shape index (κ1) is 11.9. The summed E-state index contributed by atoms with van der Waals surface area (Å²) in [5, 5.41) is 1.64. The Morgan fingerprint density at radius 3 is 2.36 bits per heavy atom. The third-order valence-electron chi connectivity index (χ3n) is 1.52. The molecule has 0 heterocycles. The van der Waals surface area contributed by atoms with Gasteiger partial charge in [-0.3, -0.25) is 0 Å². The zero-order valence-electron chi connectivity index (χ0n) is 7.34. The molecule has 0 saturated carbocycles. The highest BCUT2D eigenvalue weighted by molar-refractivity contribution is 9.09. The topological polar surface area (TPSA) is 9.23 Å². The number of para-hydroxylation sites is 1. The van der Waals surface area contributed by atoms with E-state index in [9.17, 15) is 0 Å². The van der Waals surface area contributed by atoms with Crippen molar-refractivity contribution >= 4 is 39.1 Å². The van der Waals surface area contributed by atoms with Crippen molar-refractivity contribution in [2.24, 2.45) is 0 Å². The van der Waals surface area contributed by atoms with Crippen molar-refractivity contribution < 1.29 is 4.74 Å². The van der Waals surface area contributed by atoms with Crippen LogP contribution in [0, 0.1) is 0 Å². The summed E-state index contributed by atoms with van der Waals surface area (Å²) in [6.45, 7) is 0.302. The predicted molar refractivity (Wildman–Crippen MR) is 64.5 cm³/mol. The van der Waals surface area contributed by atoms with Gasteiger partial charge in [0.1, 0.15) is 12.4 Å². The third-order valence-corrected chi connectivity index (χ3v) is 3.20. The second-order valence-electron chi connectivity index (χ2n) is 2.55. The molecule has 1 aromatic carbocycles. The molecule has 0 aromatic heterocycles. The lowest BCUT2D eigenvalue weighted by Gasteiger charge is -2.05. The van der Waals surface area contributed by atoms with Gasteiger partial charge in [-0.2, -0.15) is 0 Å². The molecule has 0 unspecified atom stereocenters. The Labute approximate surface area is 102 Å². The number of hydrogen-bond acceptors (Lipinski definition) is 1. The van der Waals surface area contributed by atoms with Gasteiger partial charge in [0.05, 0.1) is 5.03 Å². The van der Waals surface area contributed by atoms with Gasteiger partial charge in [0.25, 0.3) is 0 Å². The van der Waals surface area contributed by atoms with Gasteiger partial charge in [0.2, 0.25) is 0 Å². The maximum absolute atomic E-state index is 5.87. The fraction of sp³-hybridized carbons (Fsp3) is 0.200. The van der Waals surface area contributed by atoms with Crippen molar-refractivity contribution in [3.05, 3.63) is 40.4 Å². The van der Waals surface area contributed by atoms with E-state index < -0.39 is 0 Å². The van der Waals surface area contributed by atoms with Crippen LogP contribution in [0.4, 0.5) is 0 Å². The van der Waals surface area contributed by atoms with Gasteiger partial charge in [0.15, 0.2) is 0 Å². The molecule has 0 aliphatic rings. The van der Waals surface area contributed by atoms with Crippen LogP contribution in [0.1, 0.15) is 0 Å². The molecule has 0 aliphatic carbocycles. The molecule has 1 rings (SSSR count). The van der Waals surface area contributed by atoms with Crippen LogP contribution >= 0.6 is 39.1 Å². The molecule has 0 bridgehead atoms. The molecule has 0 aliphatic heterocycles. The van der Waals surface area contributed by atoms with Crippen molar-refractivity contribution in [1.29, 1.82) is 0 Å². The molecule has 0 radical (unpaired) electrons. The first-order chi connectivity index (χ1) is 6.74. The lowest BCUT2D eigenvalue weighted by molar-refractivity contribution is 0.359. The molecule has 0 N–H and O–H groups in total. The van der Waals surface area contributed by atoms with Gasteiger partial charge >= 0.3 is 0 Å². The first-order valence-corrected chi connectivity index (χ1v) is 5.88. The lowest BCUT2D eigenvalue weighted by atomic mass is 10.3. The summed E-state index contributed by atoms with van der Waals surface area (Å²) < 4.78 is 5.40. The van der Waals surface area contributed by atoms with E-state index >= 15 is 0 Å². The standard InChI is InChI=1S/C10H9BrCl2O/c11-6-9(12)10(13)7-14-8-4-2-1-3-5-8/h1-5H,6-7H2. The van der Waals surface area contributed by atoms with E-state index in [1.54, 1.807) is 0 Å². The van der Waals surface area contributed by atoms with E-state index in [0.717, 1.165) is 5.75 Å². The lowest BCUT2D eigenvalue weighted by Crippen LogP contribution is -1.98. The van der Waals surface area contributed by atoms with E-state index in [0.29, 0.717) is 22.0 Å². The highest BCUT2D eigenvalue weighted by Crippen LogP contribution is 2.18. The smallest absolute Gasteiger partial charge is 0.125 e. The Bertz CT molecular complexity index is 311. The zero-order chi connectivity index (χ0) is 10.4. The number of ether oxygens (including phenoxy) is 1. The number of allylic oxidation sites excluding steroid dienone is 1. The molecule has 4 heteroatoms. The van der Waals surface area contributed by atoms with Crippen LogP contribution < -0.4 is 4.74 Å². The summed E-state index contributed by atoms with van der Waals surface area (Å²) in [4.78, 5) is 0. The minimum atomic E-state index is 0.302. The second kappa shape index (κ2) is 6.33. The first-order valence-electron chi connectivity index (χ1n) is 4.01. The molecular weight excluding hydrogens is 287 g/mol. The molecular formula is C10H9BrCl2O. The van der Waals surface area contributed by atoms with Crippen LogP contribution in [0.5, 0.6) is 5.75 Å². The van der Waals surface area contributed by atoms with E-state index in [1.807, 2.05) is 30.3 Å². The molecule has 76 valence electrons. The fourth-order valence-electron chi connectivity index (χ4n) is 0.814. The maximum atomic E-state index is 5.87. The summed E-state index contributed by atoms with van der Waals surface area (Å²) in [5.41, 5.74) is 0. The highest BCUT2D eigenvalue weighted by Gasteiger charge is 2.01. The normalized spacial score (nSPS) is 12.2. The minimum Gasteiger partial charge on any atom is -0.488 e. The summed E-state index contributed by atoms with van der Waals surface area (Å²) in [6.07, 6.45) is 0. The van der Waals surface area contributed by atoms with E-state index in [1.165, 1.54) is 0 Å². The molecule has 0 atom stereocenters. The van der Waals surface area contributed by atoms with Gasteiger partial charge in [-0.05, 0) is 12.1 Å². The number of rotatable bonds is 4. The van der Waals surface area contributed by atoms with E-state index in [-0.39, 0.29) is 0 Å². The summed E-state index contributed by atoms with van der Waals surface area (Å²) in [6, 6.07) is 9.46. The van der Waals surface area contributed by atoms with Crippen LogP contribution in [-0.4, -0.2) is 11.9 Å². The largest absolute Gasteiger partial charge is 0.488 e. The maximum Gasteiger partial charge on any atom is 0.125 e. The zero-order valence-corrected chi connectivity index (χ0v) is 10.4. The van der Waals surface area contributed by atoms with Crippen molar-refractivity contribution in [3.63, 3.8) is 0 Å². The summed E-state index contributed by atoms with van der Waals surface area (Å²) >= 11 is 14.9. The molecule has 14 heavy (non-hydrogen) atoms. The Morgan fingerprint density at radius 1 is 1.14 bits per heavy atom. The Morgan fingerprint density at radius 2 is 1.79 bits per heavy atom. The molecule has 1 nitrogen and oxygen atoms in total. The van der Waals surface area contributed by atoms with Crippen LogP contribution in [-0.2, 0) is 0 Å². The molecule has 0 amide bonds. The van der Waals surface area contributed by atoms with Gasteiger partial charge in [-0.15, -0.1) is 0 Å². The Balaban J connectivity index is 2.50. The van der Waals surface area contributed by atoms with E-state index in [2.05, 4.69) is 15.9 Å². The Kier molecular flexibility index (Phi) is 5.38. The van der Waals surface area contributed by atoms with Gasteiger partial charge < -0.3 is 4.74 Å². The van der Waals surface area contributed by atoms with Gasteiger partial charge in [0, 0.05) is 10.4 Å². The monoisotopic (exact) mass is 294 g/mol. The number of hydrogen-bond donors (Lipinski definition) is 0. The molecule has 0 fully saturated rings. The molecule has 0 spiro atoms. The summed E-state index contributed by atoms with van der Waals surface area (Å²) in [7, 11) is 0. The van der Waals surface area contributed by atoms with Crippen molar-refractivity contribution in [2.75, 3.05) is 11.9 Å². The number of alkyl halides is 1. The van der Waals surface area contributed by atoms with Gasteiger partial charge in [-0.1, -0.05) is 57.3 Å². The summed E-state index contributed by atoms with van der Waals surface area (Å²) in [5.74, 6) is 0.782. The molecule has 0 saturated heterocycles. The quantitative estimate of drug-likeness (QED) is 0.758. The van der Waals surface area contributed by atoms with Crippen LogP contribution in [0.2, 0.25) is 0 Å². The van der Waals surface area contributed by atoms with Crippen molar-refractivity contribution in [2.45, 2.75) is 0 Å². The van der Waals surface area contributed by atoms with Crippen LogP contribution in [0.25, 0.3) is 0 Å². The van der Waals surface area contributed by atoms with E-state index in [4.69, 9.17) is 27.9 Å². The van der Waals surface area contributed by atoms with Crippen molar-refractivity contribution in [1.82, 2.24) is 0 Å².